The summed E-state index contributed by atoms with van der Waals surface area (Å²) in [5, 5.41) is 2.79. The van der Waals surface area contributed by atoms with Crippen LogP contribution < -0.4 is 10.9 Å². The minimum atomic E-state index is -3.00. The van der Waals surface area contributed by atoms with Gasteiger partial charge in [-0.15, -0.1) is 0 Å². The summed E-state index contributed by atoms with van der Waals surface area (Å²) in [6, 6.07) is 0. The van der Waals surface area contributed by atoms with Gasteiger partial charge in [0.1, 0.15) is 19.2 Å². The van der Waals surface area contributed by atoms with Gasteiger partial charge in [-0.1, -0.05) is 0 Å². The van der Waals surface area contributed by atoms with Crippen molar-refractivity contribution in [1.29, 1.82) is 0 Å². The van der Waals surface area contributed by atoms with Gasteiger partial charge in [0.05, 0.1) is 12.1 Å². The fourth-order valence-corrected chi connectivity index (χ4v) is 1.82. The number of rotatable bonds is 4. The highest BCUT2D eigenvalue weighted by Gasteiger charge is 2.06. The molecule has 0 spiro atoms. The van der Waals surface area contributed by atoms with Crippen molar-refractivity contribution in [2.75, 3.05) is 23.9 Å². The van der Waals surface area contributed by atoms with E-state index in [4.69, 9.17) is 0 Å². The largest absolute Gasteiger partial charge is 0.368 e. The van der Waals surface area contributed by atoms with Gasteiger partial charge in [-0.3, -0.25) is 4.79 Å². The van der Waals surface area contributed by atoms with E-state index in [0.717, 1.165) is 6.26 Å². The number of aromatic amines is 1. The summed E-state index contributed by atoms with van der Waals surface area (Å²) in [5.41, 5.74) is -0.243. The third-order valence-electron chi connectivity index (χ3n) is 1.56. The summed E-state index contributed by atoms with van der Waals surface area (Å²) in [6.07, 6.45) is 2.43. The van der Waals surface area contributed by atoms with Crippen LogP contribution in [0.5, 0.6) is 0 Å². The lowest BCUT2D eigenvalue weighted by Gasteiger charge is -2.05. The Balaban J connectivity index is 2.67. The molecule has 1 aromatic heterocycles. The third-order valence-corrected chi connectivity index (χ3v) is 3.51. The molecule has 0 aliphatic carbocycles. The molecule has 1 rings (SSSR count). The second kappa shape index (κ2) is 4.92. The molecule has 0 aliphatic rings. The Labute approximate surface area is 101 Å². The van der Waals surface area contributed by atoms with Gasteiger partial charge in [-0.25, -0.2) is 13.4 Å². The fourth-order valence-electron chi connectivity index (χ4n) is 0.861. The van der Waals surface area contributed by atoms with Crippen LogP contribution in [0.1, 0.15) is 0 Å². The van der Waals surface area contributed by atoms with Crippen LogP contribution in [0.15, 0.2) is 11.1 Å². The van der Waals surface area contributed by atoms with Crippen LogP contribution in [-0.4, -0.2) is 36.9 Å². The highest BCUT2D eigenvalue weighted by molar-refractivity contribution is 14.1. The Bertz CT molecular complexity index is 496. The first-order valence-corrected chi connectivity index (χ1v) is 7.19. The second-order valence-electron chi connectivity index (χ2n) is 2.95. The number of nitrogens with zero attached hydrogens (tertiary/aromatic N) is 1. The van der Waals surface area contributed by atoms with Gasteiger partial charge in [0.15, 0.2) is 0 Å². The Kier molecular flexibility index (Phi) is 4.08. The first-order chi connectivity index (χ1) is 6.90. The lowest BCUT2D eigenvalue weighted by Crippen LogP contribution is -2.19. The van der Waals surface area contributed by atoms with Gasteiger partial charge in [0.2, 0.25) is 0 Å². The molecule has 0 aliphatic heterocycles. The van der Waals surface area contributed by atoms with Crippen molar-refractivity contribution in [2.24, 2.45) is 0 Å². The zero-order valence-electron chi connectivity index (χ0n) is 7.95. The molecular weight excluding hydrogens is 333 g/mol. The Morgan fingerprint density at radius 3 is 2.87 bits per heavy atom. The van der Waals surface area contributed by atoms with E-state index in [-0.39, 0.29) is 17.9 Å². The number of H-pyrrole nitrogens is 1. The van der Waals surface area contributed by atoms with Crippen LogP contribution in [0.25, 0.3) is 0 Å². The predicted molar refractivity (Wildman–Crippen MR) is 65.8 cm³/mol. The number of sulfone groups is 1. The van der Waals surface area contributed by atoms with E-state index in [1.165, 1.54) is 6.33 Å². The molecule has 2 N–H and O–H groups in total. The van der Waals surface area contributed by atoms with E-state index in [0.29, 0.717) is 9.39 Å². The van der Waals surface area contributed by atoms with Crippen molar-refractivity contribution in [3.63, 3.8) is 0 Å². The smallest absolute Gasteiger partial charge is 0.266 e. The summed E-state index contributed by atoms with van der Waals surface area (Å²) in [5.74, 6) is 0.417. The summed E-state index contributed by atoms with van der Waals surface area (Å²) in [7, 11) is -3.00. The second-order valence-corrected chi connectivity index (χ2v) is 6.29. The monoisotopic (exact) mass is 343 g/mol. The van der Waals surface area contributed by atoms with Gasteiger partial charge >= 0.3 is 0 Å². The maximum absolute atomic E-state index is 11.1. The van der Waals surface area contributed by atoms with Gasteiger partial charge < -0.3 is 10.3 Å². The summed E-state index contributed by atoms with van der Waals surface area (Å²) in [6.45, 7) is 0.241. The van der Waals surface area contributed by atoms with Gasteiger partial charge in [-0.05, 0) is 22.6 Å². The van der Waals surface area contributed by atoms with E-state index in [1.807, 2.05) is 22.6 Å². The molecule has 0 saturated heterocycles. The molecule has 0 atom stereocenters. The van der Waals surface area contributed by atoms with E-state index in [2.05, 4.69) is 15.3 Å². The number of halogens is 1. The average molecular weight is 343 g/mol. The molecule has 84 valence electrons. The van der Waals surface area contributed by atoms with Crippen LogP contribution >= 0.6 is 22.6 Å². The molecule has 1 aromatic rings. The minimum Gasteiger partial charge on any atom is -0.368 e. The normalized spacial score (nSPS) is 11.3. The van der Waals surface area contributed by atoms with E-state index in [1.54, 1.807) is 0 Å². The summed E-state index contributed by atoms with van der Waals surface area (Å²) >= 11 is 1.85. The average Bonchev–Trinajstić information content (AvgIpc) is 2.10. The Morgan fingerprint density at radius 1 is 1.60 bits per heavy atom. The lowest BCUT2D eigenvalue weighted by molar-refractivity contribution is 0.602. The number of aromatic nitrogens is 2. The van der Waals surface area contributed by atoms with Crippen LogP contribution in [-0.2, 0) is 9.84 Å². The maximum atomic E-state index is 11.1. The molecule has 0 radical (unpaired) electrons. The van der Waals surface area contributed by atoms with Crippen molar-refractivity contribution >= 4 is 38.2 Å². The first kappa shape index (κ1) is 12.4. The number of nitrogens with one attached hydrogen (secondary N) is 2. The van der Waals surface area contributed by atoms with E-state index >= 15 is 0 Å². The molecule has 6 nitrogen and oxygen atoms in total. The van der Waals surface area contributed by atoms with Crippen molar-refractivity contribution < 1.29 is 8.42 Å². The molecule has 0 saturated carbocycles. The molecule has 0 amide bonds. The quantitative estimate of drug-likeness (QED) is 0.741. The molecule has 15 heavy (non-hydrogen) atoms. The predicted octanol–water partition coefficient (Wildman–Crippen LogP) is -0.169. The van der Waals surface area contributed by atoms with Crippen LogP contribution in [0, 0.1) is 3.57 Å². The molecule has 8 heteroatoms. The molecule has 0 fully saturated rings. The van der Waals surface area contributed by atoms with E-state index < -0.39 is 9.84 Å². The molecule has 0 bridgehead atoms. The van der Waals surface area contributed by atoms with Crippen LogP contribution in [0.2, 0.25) is 0 Å². The highest BCUT2D eigenvalue weighted by Crippen LogP contribution is 2.07. The Morgan fingerprint density at radius 2 is 2.27 bits per heavy atom. The highest BCUT2D eigenvalue weighted by atomic mass is 127. The van der Waals surface area contributed by atoms with Crippen LogP contribution in [0.4, 0.5) is 5.82 Å². The Hall–Kier alpha value is -0.640. The van der Waals surface area contributed by atoms with Gasteiger partial charge in [0, 0.05) is 12.8 Å². The summed E-state index contributed by atoms with van der Waals surface area (Å²) < 4.78 is 22.1. The summed E-state index contributed by atoms with van der Waals surface area (Å²) in [4.78, 5) is 17.4. The van der Waals surface area contributed by atoms with Crippen molar-refractivity contribution in [3.8, 4) is 0 Å². The van der Waals surface area contributed by atoms with Crippen LogP contribution in [0.3, 0.4) is 0 Å². The molecular formula is C7H10IN3O3S. The maximum Gasteiger partial charge on any atom is 0.266 e. The number of hydrogen-bond donors (Lipinski definition) is 2. The first-order valence-electron chi connectivity index (χ1n) is 4.05. The van der Waals surface area contributed by atoms with Crippen molar-refractivity contribution in [3.05, 3.63) is 20.3 Å². The standard InChI is InChI=1S/C7H10IN3O3S/c1-15(13,14)3-2-9-6-5(8)7(12)11-4-10-6/h4H,2-3H2,1H3,(H2,9,10,11,12). The molecule has 0 aromatic carbocycles. The molecule has 1 heterocycles. The zero-order valence-corrected chi connectivity index (χ0v) is 10.9. The SMILES string of the molecule is CS(=O)(=O)CCNc1nc[nH]c(=O)c1I. The van der Waals surface area contributed by atoms with Gasteiger partial charge in [-0.2, -0.15) is 0 Å². The van der Waals surface area contributed by atoms with Gasteiger partial charge in [0.25, 0.3) is 5.56 Å². The topological polar surface area (TPSA) is 91.9 Å². The molecule has 0 unspecified atom stereocenters. The van der Waals surface area contributed by atoms with E-state index in [9.17, 15) is 13.2 Å². The zero-order chi connectivity index (χ0) is 11.5. The minimum absolute atomic E-state index is 0.0115. The lowest BCUT2D eigenvalue weighted by atomic mass is 10.5. The third kappa shape index (κ3) is 4.16. The fraction of sp³-hybridized carbons (Fsp3) is 0.429. The van der Waals surface area contributed by atoms with Crippen molar-refractivity contribution in [2.45, 2.75) is 0 Å². The number of anilines is 1. The number of hydrogen-bond acceptors (Lipinski definition) is 5. The van der Waals surface area contributed by atoms with Crippen molar-refractivity contribution in [1.82, 2.24) is 9.97 Å².